The normalized spacial score (nSPS) is 26.8. The molecule has 2 aliphatic carbocycles. The molecule has 2 fully saturated rings. The first-order chi connectivity index (χ1) is 8.26. The van der Waals surface area contributed by atoms with E-state index >= 15 is 0 Å². The number of rotatable bonds is 6. The standard InChI is InChI=1S/C14H26N2O.ClH/c1-2-8-16(10-11-6-7-11)14(17)13-5-3-4-12(13)9-15;/h11-13H,2-10,15H2,1H3;1H/t12-,13-;/m1./s1. The van der Waals surface area contributed by atoms with E-state index in [1.54, 1.807) is 0 Å². The Kier molecular flexibility index (Phi) is 6.44. The number of amides is 1. The lowest BCUT2D eigenvalue weighted by Crippen LogP contribution is -2.40. The van der Waals surface area contributed by atoms with Crippen molar-refractivity contribution < 1.29 is 4.79 Å². The van der Waals surface area contributed by atoms with E-state index in [0.29, 0.717) is 18.4 Å². The molecule has 106 valence electrons. The Morgan fingerprint density at radius 3 is 2.56 bits per heavy atom. The molecule has 4 heteroatoms. The van der Waals surface area contributed by atoms with Crippen LogP contribution in [0.5, 0.6) is 0 Å². The van der Waals surface area contributed by atoms with Gasteiger partial charge in [0.15, 0.2) is 0 Å². The van der Waals surface area contributed by atoms with Crippen LogP contribution < -0.4 is 5.73 Å². The summed E-state index contributed by atoms with van der Waals surface area (Å²) in [6.07, 6.45) is 7.10. The zero-order valence-corrected chi connectivity index (χ0v) is 12.3. The van der Waals surface area contributed by atoms with E-state index in [-0.39, 0.29) is 18.3 Å². The van der Waals surface area contributed by atoms with Crippen molar-refractivity contribution in [2.24, 2.45) is 23.5 Å². The minimum Gasteiger partial charge on any atom is -0.342 e. The summed E-state index contributed by atoms with van der Waals surface area (Å²) in [5.41, 5.74) is 5.78. The highest BCUT2D eigenvalue weighted by Crippen LogP contribution is 2.34. The second-order valence-electron chi connectivity index (χ2n) is 5.76. The van der Waals surface area contributed by atoms with Gasteiger partial charge >= 0.3 is 0 Å². The third kappa shape index (κ3) is 3.86. The van der Waals surface area contributed by atoms with Gasteiger partial charge in [0.1, 0.15) is 0 Å². The maximum Gasteiger partial charge on any atom is 0.226 e. The molecule has 0 bridgehead atoms. The lowest BCUT2D eigenvalue weighted by molar-refractivity contribution is -0.136. The molecule has 2 N–H and O–H groups in total. The monoisotopic (exact) mass is 274 g/mol. The highest BCUT2D eigenvalue weighted by molar-refractivity contribution is 5.85. The minimum atomic E-state index is 0. The Labute approximate surface area is 117 Å². The summed E-state index contributed by atoms with van der Waals surface area (Å²) in [5.74, 6) is 1.86. The van der Waals surface area contributed by atoms with Gasteiger partial charge in [-0.3, -0.25) is 4.79 Å². The van der Waals surface area contributed by atoms with Crippen LogP contribution in [-0.2, 0) is 4.79 Å². The molecule has 0 aromatic rings. The molecule has 1 amide bonds. The molecule has 0 spiro atoms. The van der Waals surface area contributed by atoms with Crippen LogP contribution in [0.1, 0.15) is 45.4 Å². The molecule has 0 aromatic carbocycles. The summed E-state index contributed by atoms with van der Waals surface area (Å²) in [6, 6.07) is 0. The molecule has 0 aliphatic heterocycles. The summed E-state index contributed by atoms with van der Waals surface area (Å²) in [6.45, 7) is 4.77. The maximum absolute atomic E-state index is 12.5. The van der Waals surface area contributed by atoms with Crippen molar-refractivity contribution >= 4 is 18.3 Å². The molecule has 2 aliphatic rings. The summed E-state index contributed by atoms with van der Waals surface area (Å²) in [7, 11) is 0. The van der Waals surface area contributed by atoms with Gasteiger partial charge in [-0.25, -0.2) is 0 Å². The van der Waals surface area contributed by atoms with E-state index in [4.69, 9.17) is 5.73 Å². The summed E-state index contributed by atoms with van der Waals surface area (Å²) < 4.78 is 0. The highest BCUT2D eigenvalue weighted by atomic mass is 35.5. The molecule has 2 atom stereocenters. The summed E-state index contributed by atoms with van der Waals surface area (Å²) >= 11 is 0. The first kappa shape index (κ1) is 15.8. The predicted octanol–water partition coefficient (Wildman–Crippen LogP) is 2.43. The SMILES string of the molecule is CCCN(CC1CC1)C(=O)[C@@H]1CCC[C@@H]1CN.Cl. The smallest absolute Gasteiger partial charge is 0.226 e. The van der Waals surface area contributed by atoms with Gasteiger partial charge in [-0.1, -0.05) is 13.3 Å². The molecule has 0 heterocycles. The van der Waals surface area contributed by atoms with Crippen molar-refractivity contribution in [1.29, 1.82) is 0 Å². The number of nitrogens with zero attached hydrogens (tertiary/aromatic N) is 1. The summed E-state index contributed by atoms with van der Waals surface area (Å²) in [5, 5.41) is 0. The fourth-order valence-electron chi connectivity index (χ4n) is 3.05. The van der Waals surface area contributed by atoms with Gasteiger partial charge in [-0.05, 0) is 50.5 Å². The number of carbonyl (C=O) groups excluding carboxylic acids is 1. The molecule has 2 saturated carbocycles. The fourth-order valence-corrected chi connectivity index (χ4v) is 3.05. The van der Waals surface area contributed by atoms with Crippen molar-refractivity contribution in [3.05, 3.63) is 0 Å². The van der Waals surface area contributed by atoms with E-state index in [1.165, 1.54) is 19.3 Å². The quantitative estimate of drug-likeness (QED) is 0.809. The van der Waals surface area contributed by atoms with Crippen molar-refractivity contribution in [1.82, 2.24) is 4.90 Å². The van der Waals surface area contributed by atoms with E-state index in [2.05, 4.69) is 11.8 Å². The lowest BCUT2D eigenvalue weighted by atomic mass is 9.94. The zero-order valence-electron chi connectivity index (χ0n) is 11.4. The molecule has 0 aromatic heterocycles. The van der Waals surface area contributed by atoms with Gasteiger partial charge < -0.3 is 10.6 Å². The van der Waals surface area contributed by atoms with E-state index in [9.17, 15) is 4.79 Å². The third-order valence-electron chi connectivity index (χ3n) is 4.26. The molecule has 0 saturated heterocycles. The molecule has 2 rings (SSSR count). The molecular formula is C14H27ClN2O. The van der Waals surface area contributed by atoms with E-state index < -0.39 is 0 Å². The van der Waals surface area contributed by atoms with Gasteiger partial charge in [-0.2, -0.15) is 0 Å². The Morgan fingerprint density at radius 2 is 2.00 bits per heavy atom. The number of halogens is 1. The van der Waals surface area contributed by atoms with Crippen molar-refractivity contribution in [2.45, 2.75) is 45.4 Å². The summed E-state index contributed by atoms with van der Waals surface area (Å²) in [4.78, 5) is 14.7. The Hall–Kier alpha value is -0.280. The number of hydrogen-bond donors (Lipinski definition) is 1. The van der Waals surface area contributed by atoms with Gasteiger partial charge in [0.25, 0.3) is 0 Å². The number of nitrogens with two attached hydrogens (primary N) is 1. The van der Waals surface area contributed by atoms with Crippen LogP contribution in [0.3, 0.4) is 0 Å². The average molecular weight is 275 g/mol. The van der Waals surface area contributed by atoms with E-state index in [0.717, 1.165) is 38.3 Å². The van der Waals surface area contributed by atoms with E-state index in [1.807, 2.05) is 0 Å². The van der Waals surface area contributed by atoms with Crippen molar-refractivity contribution in [3.63, 3.8) is 0 Å². The zero-order chi connectivity index (χ0) is 12.3. The second-order valence-corrected chi connectivity index (χ2v) is 5.76. The van der Waals surface area contributed by atoms with Crippen LogP contribution in [0.4, 0.5) is 0 Å². The largest absolute Gasteiger partial charge is 0.342 e. The van der Waals surface area contributed by atoms with Crippen molar-refractivity contribution in [3.8, 4) is 0 Å². The Morgan fingerprint density at radius 1 is 1.28 bits per heavy atom. The predicted molar refractivity (Wildman–Crippen MR) is 76.7 cm³/mol. The molecule has 0 unspecified atom stereocenters. The van der Waals surface area contributed by atoms with Gasteiger partial charge in [0.05, 0.1) is 0 Å². The van der Waals surface area contributed by atoms with Crippen LogP contribution in [0.2, 0.25) is 0 Å². The highest BCUT2D eigenvalue weighted by Gasteiger charge is 2.36. The number of hydrogen-bond acceptors (Lipinski definition) is 2. The van der Waals surface area contributed by atoms with Crippen LogP contribution in [-0.4, -0.2) is 30.4 Å². The fraction of sp³-hybridized carbons (Fsp3) is 0.929. The van der Waals surface area contributed by atoms with Gasteiger partial charge in [-0.15, -0.1) is 12.4 Å². The molecular weight excluding hydrogens is 248 g/mol. The van der Waals surface area contributed by atoms with Crippen LogP contribution in [0.25, 0.3) is 0 Å². The minimum absolute atomic E-state index is 0. The third-order valence-corrected chi connectivity index (χ3v) is 4.26. The van der Waals surface area contributed by atoms with Crippen molar-refractivity contribution in [2.75, 3.05) is 19.6 Å². The topological polar surface area (TPSA) is 46.3 Å². The molecule has 0 radical (unpaired) electrons. The Bertz CT molecular complexity index is 269. The lowest BCUT2D eigenvalue weighted by Gasteiger charge is -2.27. The molecule has 18 heavy (non-hydrogen) atoms. The van der Waals surface area contributed by atoms with Gasteiger partial charge in [0.2, 0.25) is 5.91 Å². The molecule has 3 nitrogen and oxygen atoms in total. The second kappa shape index (κ2) is 7.34. The van der Waals surface area contributed by atoms with Crippen LogP contribution >= 0.6 is 12.4 Å². The van der Waals surface area contributed by atoms with Gasteiger partial charge in [0, 0.05) is 19.0 Å². The first-order valence-electron chi connectivity index (χ1n) is 7.25. The number of carbonyl (C=O) groups is 1. The first-order valence-corrected chi connectivity index (χ1v) is 7.25. The Balaban J connectivity index is 0.00000162. The van der Waals surface area contributed by atoms with Crippen LogP contribution in [0.15, 0.2) is 0 Å². The van der Waals surface area contributed by atoms with Crippen LogP contribution in [0, 0.1) is 17.8 Å². The average Bonchev–Trinajstić information content (AvgIpc) is 3.02. The maximum atomic E-state index is 12.5.